The Morgan fingerprint density at radius 3 is 2.07 bits per heavy atom. The third-order valence-electron chi connectivity index (χ3n) is 3.56. The smallest absolute Gasteiger partial charge is 0.406 e. The van der Waals surface area contributed by atoms with Crippen molar-refractivity contribution >= 4 is 57.9 Å². The SMILES string of the molecule is O=C1C(Cl)=C(c2ccc(Cl)cc2Cl)C(=O)N1c1ccc(OC(F)(F)F)cc1. The van der Waals surface area contributed by atoms with Gasteiger partial charge >= 0.3 is 6.36 Å². The maximum atomic E-state index is 12.7. The van der Waals surface area contributed by atoms with Crippen molar-refractivity contribution in [3.8, 4) is 5.75 Å². The first-order valence-corrected chi connectivity index (χ1v) is 8.31. The first kappa shape index (κ1) is 19.5. The molecule has 0 N–H and O–H groups in total. The third kappa shape index (κ3) is 3.90. The summed E-state index contributed by atoms with van der Waals surface area (Å²) in [5, 5.41) is 0.0850. The molecular formula is C17H7Cl3F3NO3. The molecule has 2 aromatic carbocycles. The lowest BCUT2D eigenvalue weighted by molar-refractivity contribution is -0.274. The van der Waals surface area contributed by atoms with Crippen LogP contribution in [0.3, 0.4) is 0 Å². The minimum atomic E-state index is -4.86. The van der Waals surface area contributed by atoms with Gasteiger partial charge in [-0.15, -0.1) is 13.2 Å². The molecule has 0 aromatic heterocycles. The van der Waals surface area contributed by atoms with Crippen LogP contribution in [0.4, 0.5) is 18.9 Å². The lowest BCUT2D eigenvalue weighted by Gasteiger charge is -2.16. The Kier molecular flexibility index (Phi) is 5.12. The van der Waals surface area contributed by atoms with Crippen LogP contribution in [0.25, 0.3) is 5.57 Å². The number of imide groups is 1. The molecule has 0 spiro atoms. The van der Waals surface area contributed by atoms with Gasteiger partial charge in [0.15, 0.2) is 0 Å². The van der Waals surface area contributed by atoms with E-state index in [-0.39, 0.29) is 26.9 Å². The molecule has 140 valence electrons. The highest BCUT2D eigenvalue weighted by molar-refractivity contribution is 6.60. The predicted octanol–water partition coefficient (Wildman–Crippen LogP) is 5.42. The Morgan fingerprint density at radius 1 is 0.889 bits per heavy atom. The van der Waals surface area contributed by atoms with Gasteiger partial charge in [-0.2, -0.15) is 0 Å². The summed E-state index contributed by atoms with van der Waals surface area (Å²) >= 11 is 17.9. The minimum Gasteiger partial charge on any atom is -0.406 e. The summed E-state index contributed by atoms with van der Waals surface area (Å²) in [6.45, 7) is 0. The Morgan fingerprint density at radius 2 is 1.52 bits per heavy atom. The van der Waals surface area contributed by atoms with Gasteiger partial charge in [-0.05, 0) is 36.4 Å². The monoisotopic (exact) mass is 435 g/mol. The first-order chi connectivity index (χ1) is 12.6. The van der Waals surface area contributed by atoms with Gasteiger partial charge in [0.1, 0.15) is 10.8 Å². The number of carbonyl (C=O) groups is 2. The summed E-state index contributed by atoms with van der Waals surface area (Å²) < 4.78 is 40.5. The molecule has 0 saturated heterocycles. The molecule has 0 bridgehead atoms. The number of nitrogens with zero attached hydrogens (tertiary/aromatic N) is 1. The van der Waals surface area contributed by atoms with E-state index in [1.165, 1.54) is 18.2 Å². The number of halogens is 6. The van der Waals surface area contributed by atoms with Crippen molar-refractivity contribution in [2.75, 3.05) is 4.90 Å². The van der Waals surface area contributed by atoms with Crippen molar-refractivity contribution in [1.82, 2.24) is 0 Å². The van der Waals surface area contributed by atoms with Crippen LogP contribution in [0.1, 0.15) is 5.56 Å². The zero-order chi connectivity index (χ0) is 19.9. The fourth-order valence-electron chi connectivity index (χ4n) is 2.46. The molecule has 4 nitrogen and oxygen atoms in total. The number of benzene rings is 2. The minimum absolute atomic E-state index is 0.0257. The molecule has 10 heteroatoms. The normalized spacial score (nSPS) is 15.0. The fraction of sp³-hybridized carbons (Fsp3) is 0.0588. The van der Waals surface area contributed by atoms with E-state index in [9.17, 15) is 22.8 Å². The number of hydrogen-bond donors (Lipinski definition) is 0. The largest absolute Gasteiger partial charge is 0.573 e. The van der Waals surface area contributed by atoms with E-state index in [0.717, 1.165) is 29.2 Å². The maximum Gasteiger partial charge on any atom is 0.573 e. The number of anilines is 1. The van der Waals surface area contributed by atoms with Crippen LogP contribution < -0.4 is 9.64 Å². The van der Waals surface area contributed by atoms with Gasteiger partial charge in [0, 0.05) is 10.6 Å². The maximum absolute atomic E-state index is 12.7. The van der Waals surface area contributed by atoms with Gasteiger partial charge in [-0.25, -0.2) is 4.90 Å². The Labute approximate surface area is 165 Å². The van der Waals surface area contributed by atoms with E-state index in [1.54, 1.807) is 0 Å². The third-order valence-corrected chi connectivity index (χ3v) is 4.45. The van der Waals surface area contributed by atoms with Gasteiger partial charge in [0.2, 0.25) is 0 Å². The average molecular weight is 437 g/mol. The van der Waals surface area contributed by atoms with Crippen LogP contribution in [0, 0.1) is 0 Å². The van der Waals surface area contributed by atoms with E-state index >= 15 is 0 Å². The average Bonchev–Trinajstić information content (AvgIpc) is 2.78. The lowest BCUT2D eigenvalue weighted by atomic mass is 10.1. The Hall–Kier alpha value is -2.22. The highest BCUT2D eigenvalue weighted by atomic mass is 35.5. The van der Waals surface area contributed by atoms with Gasteiger partial charge < -0.3 is 4.74 Å². The molecule has 0 saturated carbocycles. The van der Waals surface area contributed by atoms with Crippen LogP contribution in [-0.4, -0.2) is 18.2 Å². The molecule has 1 aliphatic heterocycles. The molecule has 2 aromatic rings. The number of carbonyl (C=O) groups excluding carboxylic acids is 2. The summed E-state index contributed by atoms with van der Waals surface area (Å²) in [4.78, 5) is 25.9. The molecule has 0 atom stereocenters. The zero-order valence-corrected chi connectivity index (χ0v) is 15.2. The van der Waals surface area contributed by atoms with Crippen molar-refractivity contribution < 1.29 is 27.5 Å². The summed E-state index contributed by atoms with van der Waals surface area (Å²) in [5.41, 5.74) is 0.112. The van der Waals surface area contributed by atoms with Crippen LogP contribution in [-0.2, 0) is 9.59 Å². The molecule has 27 heavy (non-hydrogen) atoms. The van der Waals surface area contributed by atoms with Gasteiger partial charge in [0.25, 0.3) is 11.8 Å². The second-order valence-electron chi connectivity index (χ2n) is 5.30. The van der Waals surface area contributed by atoms with Crippen LogP contribution in [0.15, 0.2) is 47.5 Å². The summed E-state index contributed by atoms with van der Waals surface area (Å²) in [5.74, 6) is -2.09. The Balaban J connectivity index is 1.94. The number of alkyl halides is 3. The highest BCUT2D eigenvalue weighted by Gasteiger charge is 2.40. The molecule has 3 rings (SSSR count). The molecule has 0 fully saturated rings. The van der Waals surface area contributed by atoms with Crippen molar-refractivity contribution in [2.24, 2.45) is 0 Å². The van der Waals surface area contributed by atoms with Crippen molar-refractivity contribution in [3.63, 3.8) is 0 Å². The molecule has 0 radical (unpaired) electrons. The molecule has 1 aliphatic rings. The van der Waals surface area contributed by atoms with E-state index < -0.39 is 23.9 Å². The van der Waals surface area contributed by atoms with Crippen LogP contribution >= 0.6 is 34.8 Å². The van der Waals surface area contributed by atoms with E-state index in [4.69, 9.17) is 34.8 Å². The zero-order valence-electron chi connectivity index (χ0n) is 13.0. The number of ether oxygens (including phenoxy) is 1. The topological polar surface area (TPSA) is 46.6 Å². The van der Waals surface area contributed by atoms with Crippen LogP contribution in [0.2, 0.25) is 10.0 Å². The summed E-state index contributed by atoms with van der Waals surface area (Å²) in [7, 11) is 0. The molecular weight excluding hydrogens is 430 g/mol. The van der Waals surface area contributed by atoms with Crippen molar-refractivity contribution in [1.29, 1.82) is 0 Å². The second kappa shape index (κ2) is 7.07. The Bertz CT molecular complexity index is 972. The fourth-order valence-corrected chi connectivity index (χ4v) is 3.23. The highest BCUT2D eigenvalue weighted by Crippen LogP contribution is 2.38. The van der Waals surface area contributed by atoms with Gasteiger partial charge in [-0.1, -0.05) is 40.9 Å². The van der Waals surface area contributed by atoms with Crippen LogP contribution in [0.5, 0.6) is 5.75 Å². The number of rotatable bonds is 3. The first-order valence-electron chi connectivity index (χ1n) is 7.18. The van der Waals surface area contributed by atoms with Gasteiger partial charge in [-0.3, -0.25) is 9.59 Å². The molecule has 0 unspecified atom stereocenters. The number of hydrogen-bond acceptors (Lipinski definition) is 3. The van der Waals surface area contributed by atoms with E-state index in [2.05, 4.69) is 4.74 Å². The van der Waals surface area contributed by atoms with Gasteiger partial charge in [0.05, 0.1) is 16.3 Å². The quantitative estimate of drug-likeness (QED) is 0.604. The lowest BCUT2D eigenvalue weighted by Crippen LogP contribution is -2.31. The number of amides is 2. The predicted molar refractivity (Wildman–Crippen MR) is 94.9 cm³/mol. The summed E-state index contributed by atoms with van der Waals surface area (Å²) in [6, 6.07) is 8.52. The van der Waals surface area contributed by atoms with Crippen molar-refractivity contribution in [2.45, 2.75) is 6.36 Å². The second-order valence-corrected chi connectivity index (χ2v) is 6.52. The molecule has 0 aliphatic carbocycles. The summed E-state index contributed by atoms with van der Waals surface area (Å²) in [6.07, 6.45) is -4.86. The molecule has 1 heterocycles. The van der Waals surface area contributed by atoms with E-state index in [0.29, 0.717) is 5.02 Å². The molecule has 2 amide bonds. The van der Waals surface area contributed by atoms with E-state index in [1.807, 2.05) is 0 Å². The van der Waals surface area contributed by atoms with Crippen molar-refractivity contribution in [3.05, 3.63) is 63.1 Å². The standard InChI is InChI=1S/C17H7Cl3F3NO3/c18-8-1-6-11(12(19)7-8)13-14(20)16(26)24(15(13)25)9-2-4-10(5-3-9)27-17(21,22)23/h1-7H.